The highest BCUT2D eigenvalue weighted by atomic mass is 16.4. The first kappa shape index (κ1) is 11.8. The molecular formula is C11H17NO3. The minimum Gasteiger partial charge on any atom is -0.478 e. The standard InChI is InChI=1S/C11H17NO3/c1-3-5-12(4-2)7-10-6-9(8-15-10)11(13)14/h6,8H,3-5,7H2,1-2H3,(H,13,14). The van der Waals surface area contributed by atoms with E-state index in [0.29, 0.717) is 12.3 Å². The second-order valence-corrected chi connectivity index (χ2v) is 3.48. The third kappa shape index (κ3) is 3.40. The van der Waals surface area contributed by atoms with E-state index in [-0.39, 0.29) is 5.56 Å². The van der Waals surface area contributed by atoms with Gasteiger partial charge in [0.1, 0.15) is 12.0 Å². The Morgan fingerprint density at radius 1 is 1.53 bits per heavy atom. The van der Waals surface area contributed by atoms with Crippen LogP contribution in [0, 0.1) is 0 Å². The molecule has 0 bridgehead atoms. The van der Waals surface area contributed by atoms with E-state index >= 15 is 0 Å². The summed E-state index contributed by atoms with van der Waals surface area (Å²) in [5.74, 6) is -0.230. The van der Waals surface area contributed by atoms with E-state index < -0.39 is 5.97 Å². The SMILES string of the molecule is CCCN(CC)Cc1cc(C(=O)O)co1. The van der Waals surface area contributed by atoms with Crippen molar-refractivity contribution in [3.63, 3.8) is 0 Å². The van der Waals surface area contributed by atoms with Gasteiger partial charge in [0, 0.05) is 0 Å². The molecule has 1 aromatic rings. The zero-order valence-electron chi connectivity index (χ0n) is 9.19. The van der Waals surface area contributed by atoms with Gasteiger partial charge in [-0.1, -0.05) is 13.8 Å². The smallest absolute Gasteiger partial charge is 0.338 e. The number of rotatable bonds is 6. The molecule has 0 saturated carbocycles. The number of carbonyl (C=O) groups is 1. The van der Waals surface area contributed by atoms with Crippen molar-refractivity contribution in [1.29, 1.82) is 0 Å². The van der Waals surface area contributed by atoms with Crippen molar-refractivity contribution in [2.45, 2.75) is 26.8 Å². The number of nitrogens with zero attached hydrogens (tertiary/aromatic N) is 1. The maximum Gasteiger partial charge on any atom is 0.338 e. The zero-order valence-corrected chi connectivity index (χ0v) is 9.19. The quantitative estimate of drug-likeness (QED) is 0.783. The lowest BCUT2D eigenvalue weighted by atomic mass is 10.3. The van der Waals surface area contributed by atoms with E-state index in [1.807, 2.05) is 0 Å². The van der Waals surface area contributed by atoms with Crippen LogP contribution < -0.4 is 0 Å². The van der Waals surface area contributed by atoms with Crippen LogP contribution in [0.1, 0.15) is 36.4 Å². The molecular weight excluding hydrogens is 194 g/mol. The molecule has 1 rings (SSSR count). The summed E-state index contributed by atoms with van der Waals surface area (Å²) in [4.78, 5) is 12.8. The second-order valence-electron chi connectivity index (χ2n) is 3.48. The molecule has 0 atom stereocenters. The van der Waals surface area contributed by atoms with Crippen LogP contribution in [0.25, 0.3) is 0 Å². The molecule has 4 nitrogen and oxygen atoms in total. The van der Waals surface area contributed by atoms with Crippen molar-refractivity contribution in [3.05, 3.63) is 23.7 Å². The summed E-state index contributed by atoms with van der Waals surface area (Å²) in [6.07, 6.45) is 2.37. The highest BCUT2D eigenvalue weighted by molar-refractivity contribution is 5.87. The minimum absolute atomic E-state index is 0.220. The molecule has 0 amide bonds. The van der Waals surface area contributed by atoms with Gasteiger partial charge in [-0.05, 0) is 25.6 Å². The van der Waals surface area contributed by atoms with E-state index in [0.717, 1.165) is 19.5 Å². The molecule has 0 unspecified atom stereocenters. The summed E-state index contributed by atoms with van der Waals surface area (Å²) in [7, 11) is 0. The van der Waals surface area contributed by atoms with Gasteiger partial charge >= 0.3 is 5.97 Å². The predicted molar refractivity (Wildman–Crippen MR) is 56.9 cm³/mol. The molecule has 1 N–H and O–H groups in total. The van der Waals surface area contributed by atoms with E-state index in [1.165, 1.54) is 6.26 Å². The Morgan fingerprint density at radius 3 is 2.73 bits per heavy atom. The second kappa shape index (κ2) is 5.56. The number of carboxylic acids is 1. The van der Waals surface area contributed by atoms with Gasteiger partial charge in [-0.2, -0.15) is 0 Å². The summed E-state index contributed by atoms with van der Waals surface area (Å²) >= 11 is 0. The molecule has 0 fully saturated rings. The third-order valence-electron chi connectivity index (χ3n) is 2.27. The number of hydrogen-bond donors (Lipinski definition) is 1. The molecule has 0 aromatic carbocycles. The van der Waals surface area contributed by atoms with Gasteiger partial charge in [-0.3, -0.25) is 4.90 Å². The lowest BCUT2D eigenvalue weighted by Crippen LogP contribution is -2.23. The minimum atomic E-state index is -0.941. The van der Waals surface area contributed by atoms with Crippen LogP contribution in [0.15, 0.2) is 16.7 Å². The lowest BCUT2D eigenvalue weighted by molar-refractivity contribution is 0.0696. The lowest BCUT2D eigenvalue weighted by Gasteiger charge is -2.17. The predicted octanol–water partition coefficient (Wildman–Crippen LogP) is 2.21. The topological polar surface area (TPSA) is 53.7 Å². The molecule has 1 heterocycles. The van der Waals surface area contributed by atoms with Gasteiger partial charge in [0.05, 0.1) is 12.1 Å². The van der Waals surface area contributed by atoms with Gasteiger partial charge in [-0.25, -0.2) is 4.79 Å². The van der Waals surface area contributed by atoms with Gasteiger partial charge in [0.2, 0.25) is 0 Å². The van der Waals surface area contributed by atoms with Crippen LogP contribution in [0.4, 0.5) is 0 Å². The van der Waals surface area contributed by atoms with Gasteiger partial charge in [-0.15, -0.1) is 0 Å². The van der Waals surface area contributed by atoms with Gasteiger partial charge < -0.3 is 9.52 Å². The average Bonchev–Trinajstić information content (AvgIpc) is 2.65. The first-order valence-electron chi connectivity index (χ1n) is 5.20. The fourth-order valence-corrected chi connectivity index (χ4v) is 1.46. The van der Waals surface area contributed by atoms with Crippen molar-refractivity contribution in [1.82, 2.24) is 4.90 Å². The Morgan fingerprint density at radius 2 is 2.27 bits per heavy atom. The summed E-state index contributed by atoms with van der Waals surface area (Å²) in [6, 6.07) is 1.58. The van der Waals surface area contributed by atoms with Crippen LogP contribution in [0.5, 0.6) is 0 Å². The van der Waals surface area contributed by atoms with Crippen molar-refractivity contribution < 1.29 is 14.3 Å². The zero-order chi connectivity index (χ0) is 11.3. The van der Waals surface area contributed by atoms with Crippen molar-refractivity contribution in [2.75, 3.05) is 13.1 Å². The highest BCUT2D eigenvalue weighted by Gasteiger charge is 2.10. The van der Waals surface area contributed by atoms with E-state index in [2.05, 4.69) is 18.7 Å². The fraction of sp³-hybridized carbons (Fsp3) is 0.545. The van der Waals surface area contributed by atoms with E-state index in [4.69, 9.17) is 9.52 Å². The fourth-order valence-electron chi connectivity index (χ4n) is 1.46. The molecule has 4 heteroatoms. The average molecular weight is 211 g/mol. The maximum atomic E-state index is 10.6. The van der Waals surface area contributed by atoms with Crippen LogP contribution >= 0.6 is 0 Å². The monoisotopic (exact) mass is 211 g/mol. The number of hydrogen-bond acceptors (Lipinski definition) is 3. The molecule has 0 aliphatic carbocycles. The molecule has 0 saturated heterocycles. The van der Waals surface area contributed by atoms with Crippen molar-refractivity contribution >= 4 is 5.97 Å². The number of aromatic carboxylic acids is 1. The Kier molecular flexibility index (Phi) is 4.37. The Labute approximate surface area is 89.5 Å². The van der Waals surface area contributed by atoms with E-state index in [9.17, 15) is 4.79 Å². The molecule has 1 aromatic heterocycles. The Hall–Kier alpha value is -1.29. The normalized spacial score (nSPS) is 10.9. The number of furan rings is 1. The largest absolute Gasteiger partial charge is 0.478 e. The summed E-state index contributed by atoms with van der Waals surface area (Å²) in [6.45, 7) is 6.82. The molecule has 0 aliphatic rings. The summed E-state index contributed by atoms with van der Waals surface area (Å²) in [5.41, 5.74) is 0.220. The Bertz CT molecular complexity index is 319. The Balaban J connectivity index is 2.59. The van der Waals surface area contributed by atoms with Crippen molar-refractivity contribution in [3.8, 4) is 0 Å². The highest BCUT2D eigenvalue weighted by Crippen LogP contribution is 2.10. The van der Waals surface area contributed by atoms with Crippen LogP contribution in [-0.4, -0.2) is 29.1 Å². The first-order chi connectivity index (χ1) is 7.17. The van der Waals surface area contributed by atoms with Crippen LogP contribution in [0.2, 0.25) is 0 Å². The van der Waals surface area contributed by atoms with Gasteiger partial charge in [0.25, 0.3) is 0 Å². The number of carboxylic acid groups (broad SMARTS) is 1. The summed E-state index contributed by atoms with van der Waals surface area (Å²) < 4.78 is 5.18. The van der Waals surface area contributed by atoms with Crippen molar-refractivity contribution in [2.24, 2.45) is 0 Å². The molecule has 15 heavy (non-hydrogen) atoms. The van der Waals surface area contributed by atoms with E-state index in [1.54, 1.807) is 6.07 Å². The molecule has 0 radical (unpaired) electrons. The molecule has 0 aliphatic heterocycles. The maximum absolute atomic E-state index is 10.6. The first-order valence-corrected chi connectivity index (χ1v) is 5.20. The summed E-state index contributed by atoms with van der Waals surface area (Å²) in [5, 5.41) is 8.72. The third-order valence-corrected chi connectivity index (χ3v) is 2.27. The molecule has 84 valence electrons. The van der Waals surface area contributed by atoms with Gasteiger partial charge in [0.15, 0.2) is 0 Å². The molecule has 0 spiro atoms. The van der Waals surface area contributed by atoms with Crippen LogP contribution in [-0.2, 0) is 6.54 Å². The van der Waals surface area contributed by atoms with Crippen LogP contribution in [0.3, 0.4) is 0 Å².